The molecule has 0 unspecified atom stereocenters. The number of nitrogens with zero attached hydrogens (tertiary/aromatic N) is 3. The van der Waals surface area contributed by atoms with Gasteiger partial charge in [0.1, 0.15) is 23.1 Å². The van der Waals surface area contributed by atoms with E-state index in [4.69, 9.17) is 9.47 Å². The first-order valence-corrected chi connectivity index (χ1v) is 10.4. The SMILES string of the molecule is COc1ccc(Nc2cc(Nc3cc(OC)cc(C(F)(F)F)c3)nc(N3CCCC3)n2)cc1. The molecule has 0 bridgehead atoms. The van der Waals surface area contributed by atoms with Crippen LogP contribution >= 0.6 is 0 Å². The van der Waals surface area contributed by atoms with Gasteiger partial charge in [-0.15, -0.1) is 0 Å². The minimum absolute atomic E-state index is 0.0951. The van der Waals surface area contributed by atoms with Gasteiger partial charge in [0.15, 0.2) is 0 Å². The molecule has 10 heteroatoms. The smallest absolute Gasteiger partial charge is 0.416 e. The van der Waals surface area contributed by atoms with Gasteiger partial charge >= 0.3 is 6.18 Å². The summed E-state index contributed by atoms with van der Waals surface area (Å²) in [6.45, 7) is 1.64. The molecular weight excluding hydrogens is 435 g/mol. The van der Waals surface area contributed by atoms with Gasteiger partial charge in [-0.3, -0.25) is 0 Å². The summed E-state index contributed by atoms with van der Waals surface area (Å²) in [7, 11) is 2.92. The molecule has 0 radical (unpaired) electrons. The Bertz CT molecular complexity index is 1100. The first-order chi connectivity index (χ1) is 15.8. The number of aromatic nitrogens is 2. The minimum Gasteiger partial charge on any atom is -0.497 e. The zero-order valence-electron chi connectivity index (χ0n) is 18.2. The fourth-order valence-corrected chi connectivity index (χ4v) is 3.54. The first-order valence-electron chi connectivity index (χ1n) is 10.4. The Morgan fingerprint density at radius 1 is 0.788 bits per heavy atom. The average Bonchev–Trinajstić information content (AvgIpc) is 3.34. The summed E-state index contributed by atoms with van der Waals surface area (Å²) in [6.07, 6.45) is -2.43. The maximum Gasteiger partial charge on any atom is 0.416 e. The highest BCUT2D eigenvalue weighted by Crippen LogP contribution is 2.35. The summed E-state index contributed by atoms with van der Waals surface area (Å²) in [5.41, 5.74) is 0.187. The summed E-state index contributed by atoms with van der Waals surface area (Å²) in [6, 6.07) is 12.5. The Labute approximate surface area is 189 Å². The molecule has 1 aliphatic heterocycles. The van der Waals surface area contributed by atoms with E-state index >= 15 is 0 Å². The monoisotopic (exact) mass is 459 g/mol. The van der Waals surface area contributed by atoms with Gasteiger partial charge < -0.3 is 25.0 Å². The minimum atomic E-state index is -4.50. The Morgan fingerprint density at radius 2 is 1.39 bits per heavy atom. The Hall–Kier alpha value is -3.69. The maximum absolute atomic E-state index is 13.3. The van der Waals surface area contributed by atoms with Crippen LogP contribution < -0.4 is 25.0 Å². The van der Waals surface area contributed by atoms with Crippen LogP contribution in [-0.4, -0.2) is 37.3 Å². The molecule has 0 saturated carbocycles. The lowest BCUT2D eigenvalue weighted by Crippen LogP contribution is -2.21. The molecule has 4 rings (SSSR count). The topological polar surface area (TPSA) is 71.5 Å². The van der Waals surface area contributed by atoms with Gasteiger partial charge in [0, 0.05) is 36.6 Å². The zero-order valence-corrected chi connectivity index (χ0v) is 18.2. The molecule has 0 atom stereocenters. The van der Waals surface area contributed by atoms with Gasteiger partial charge in [0.2, 0.25) is 5.95 Å². The summed E-state index contributed by atoms with van der Waals surface area (Å²) in [5.74, 6) is 2.20. The van der Waals surface area contributed by atoms with Gasteiger partial charge in [-0.1, -0.05) is 0 Å². The lowest BCUT2D eigenvalue weighted by atomic mass is 10.1. The van der Waals surface area contributed by atoms with Gasteiger partial charge in [-0.05, 0) is 49.2 Å². The molecule has 2 heterocycles. The highest BCUT2D eigenvalue weighted by atomic mass is 19.4. The van der Waals surface area contributed by atoms with Crippen LogP contribution in [0.4, 0.5) is 42.1 Å². The van der Waals surface area contributed by atoms with Crippen molar-refractivity contribution in [3.05, 3.63) is 54.1 Å². The fourth-order valence-electron chi connectivity index (χ4n) is 3.54. The van der Waals surface area contributed by atoms with Crippen LogP contribution in [0.15, 0.2) is 48.5 Å². The van der Waals surface area contributed by atoms with E-state index in [0.29, 0.717) is 17.6 Å². The van der Waals surface area contributed by atoms with Crippen molar-refractivity contribution < 1.29 is 22.6 Å². The molecule has 7 nitrogen and oxygen atoms in total. The van der Waals surface area contributed by atoms with Crippen molar-refractivity contribution in [1.29, 1.82) is 0 Å². The van der Waals surface area contributed by atoms with Crippen LogP contribution in [0.1, 0.15) is 18.4 Å². The van der Waals surface area contributed by atoms with Crippen LogP contribution in [0, 0.1) is 0 Å². The Balaban J connectivity index is 1.67. The predicted molar refractivity (Wildman–Crippen MR) is 121 cm³/mol. The molecule has 0 spiro atoms. The van der Waals surface area contributed by atoms with Gasteiger partial charge in [-0.25, -0.2) is 0 Å². The molecule has 33 heavy (non-hydrogen) atoms. The van der Waals surface area contributed by atoms with E-state index in [9.17, 15) is 13.2 Å². The quantitative estimate of drug-likeness (QED) is 0.477. The Kier molecular flexibility index (Phi) is 6.43. The molecule has 2 aromatic carbocycles. The number of nitrogens with one attached hydrogen (secondary N) is 2. The van der Waals surface area contributed by atoms with Crippen molar-refractivity contribution in [3.63, 3.8) is 0 Å². The third-order valence-corrected chi connectivity index (χ3v) is 5.21. The van der Waals surface area contributed by atoms with Crippen LogP contribution in [0.5, 0.6) is 11.5 Å². The third-order valence-electron chi connectivity index (χ3n) is 5.21. The fraction of sp³-hybridized carbons (Fsp3) is 0.304. The molecule has 0 amide bonds. The number of methoxy groups -OCH3 is 2. The second kappa shape index (κ2) is 9.43. The van der Waals surface area contributed by atoms with Crippen molar-refractivity contribution in [2.24, 2.45) is 0 Å². The highest BCUT2D eigenvalue weighted by molar-refractivity contribution is 5.67. The van der Waals surface area contributed by atoms with E-state index < -0.39 is 11.7 Å². The third kappa shape index (κ3) is 5.57. The highest BCUT2D eigenvalue weighted by Gasteiger charge is 2.31. The number of halogens is 3. The van der Waals surface area contributed by atoms with Crippen molar-refractivity contribution in [2.45, 2.75) is 19.0 Å². The molecular formula is C23H24F3N5O2. The van der Waals surface area contributed by atoms with Gasteiger partial charge in [0.05, 0.1) is 19.8 Å². The summed E-state index contributed by atoms with van der Waals surface area (Å²) in [5, 5.41) is 6.21. The largest absolute Gasteiger partial charge is 0.497 e. The van der Waals surface area contributed by atoms with Crippen LogP contribution in [0.25, 0.3) is 0 Å². The number of benzene rings is 2. The van der Waals surface area contributed by atoms with Crippen LogP contribution in [-0.2, 0) is 6.18 Å². The van der Waals surface area contributed by atoms with Crippen molar-refractivity contribution in [3.8, 4) is 11.5 Å². The molecule has 1 aliphatic rings. The van der Waals surface area contributed by atoms with Gasteiger partial charge in [-0.2, -0.15) is 23.1 Å². The molecule has 0 aliphatic carbocycles. The lowest BCUT2D eigenvalue weighted by Gasteiger charge is -2.19. The second-order valence-corrected chi connectivity index (χ2v) is 7.56. The summed E-state index contributed by atoms with van der Waals surface area (Å²) >= 11 is 0. The predicted octanol–water partition coefficient (Wildman–Crippen LogP) is 5.60. The van der Waals surface area contributed by atoms with E-state index in [-0.39, 0.29) is 11.4 Å². The second-order valence-electron chi connectivity index (χ2n) is 7.56. The number of alkyl halides is 3. The number of anilines is 5. The van der Waals surface area contributed by atoms with Crippen molar-refractivity contribution in [1.82, 2.24) is 9.97 Å². The molecule has 2 N–H and O–H groups in total. The summed E-state index contributed by atoms with van der Waals surface area (Å²) in [4.78, 5) is 11.2. The zero-order chi connectivity index (χ0) is 23.4. The van der Waals surface area contributed by atoms with E-state index in [1.54, 1.807) is 13.2 Å². The molecule has 1 aromatic heterocycles. The van der Waals surface area contributed by atoms with Crippen molar-refractivity contribution in [2.75, 3.05) is 42.8 Å². The number of hydrogen-bond acceptors (Lipinski definition) is 7. The van der Waals surface area contributed by atoms with E-state index in [1.807, 2.05) is 24.3 Å². The molecule has 1 fully saturated rings. The lowest BCUT2D eigenvalue weighted by molar-refractivity contribution is -0.137. The van der Waals surface area contributed by atoms with E-state index in [0.717, 1.165) is 49.5 Å². The molecule has 1 saturated heterocycles. The maximum atomic E-state index is 13.3. The molecule has 174 valence electrons. The Morgan fingerprint density at radius 3 is 1.97 bits per heavy atom. The van der Waals surface area contributed by atoms with Crippen molar-refractivity contribution >= 4 is 29.0 Å². The number of hydrogen-bond donors (Lipinski definition) is 2. The van der Waals surface area contributed by atoms with Crippen LogP contribution in [0.2, 0.25) is 0 Å². The van der Waals surface area contributed by atoms with E-state index in [1.165, 1.54) is 13.2 Å². The standard InChI is InChI=1S/C23H24F3N5O2/c1-32-18-7-5-16(6-8-18)27-20-14-21(30-22(29-20)31-9-3-4-10-31)28-17-11-15(23(24,25)26)12-19(13-17)33-2/h5-8,11-14H,3-4,9-10H2,1-2H3,(H2,27,28,29,30). The number of ether oxygens (including phenoxy) is 2. The normalized spacial score (nSPS) is 13.7. The molecule has 3 aromatic rings. The number of rotatable bonds is 7. The summed E-state index contributed by atoms with van der Waals surface area (Å²) < 4.78 is 50.2. The van der Waals surface area contributed by atoms with E-state index in [2.05, 4.69) is 25.5 Å². The van der Waals surface area contributed by atoms with Gasteiger partial charge in [0.25, 0.3) is 0 Å². The first kappa shape index (κ1) is 22.5. The van der Waals surface area contributed by atoms with Crippen LogP contribution in [0.3, 0.4) is 0 Å². The average molecular weight is 459 g/mol.